The topological polar surface area (TPSA) is 60.5 Å². The zero-order valence-electron chi connectivity index (χ0n) is 14.2. The molecule has 25 heavy (non-hydrogen) atoms. The van der Waals surface area contributed by atoms with Crippen LogP contribution in [0.15, 0.2) is 18.2 Å². The molecule has 1 aromatic heterocycles. The van der Waals surface area contributed by atoms with E-state index in [0.29, 0.717) is 25.4 Å². The molecule has 6 heteroatoms. The molecule has 0 spiro atoms. The van der Waals surface area contributed by atoms with Crippen LogP contribution in [-0.4, -0.2) is 24.1 Å². The summed E-state index contributed by atoms with van der Waals surface area (Å²) in [5.41, 5.74) is 2.09. The van der Waals surface area contributed by atoms with Crippen LogP contribution < -0.4 is 14.8 Å². The van der Waals surface area contributed by atoms with Crippen molar-refractivity contribution >= 4 is 22.4 Å². The van der Waals surface area contributed by atoms with Gasteiger partial charge in [0.15, 0.2) is 16.6 Å². The number of anilines is 1. The summed E-state index contributed by atoms with van der Waals surface area (Å²) < 4.78 is 11.1. The third-order valence-corrected chi connectivity index (χ3v) is 5.64. The van der Waals surface area contributed by atoms with Gasteiger partial charge in [-0.3, -0.25) is 4.79 Å². The van der Waals surface area contributed by atoms with Gasteiger partial charge in [0.05, 0.1) is 12.1 Å². The lowest BCUT2D eigenvalue weighted by Crippen LogP contribution is -2.17. The molecule has 0 bridgehead atoms. The van der Waals surface area contributed by atoms with Gasteiger partial charge in [0.25, 0.3) is 0 Å². The molecule has 1 aliphatic heterocycles. The number of fused-ring (bicyclic) bond motifs is 2. The highest BCUT2D eigenvalue weighted by Crippen LogP contribution is 2.31. The maximum absolute atomic E-state index is 12.4. The van der Waals surface area contributed by atoms with Crippen LogP contribution in [0.1, 0.15) is 41.8 Å². The number of hydrogen-bond donors (Lipinski definition) is 1. The molecule has 0 unspecified atom stereocenters. The normalized spacial score (nSPS) is 16.5. The van der Waals surface area contributed by atoms with Crippen molar-refractivity contribution in [1.29, 1.82) is 0 Å². The van der Waals surface area contributed by atoms with Crippen LogP contribution >= 0.6 is 11.3 Å². The molecule has 5 nitrogen and oxygen atoms in total. The Bertz CT molecular complexity index is 747. The first-order valence-electron chi connectivity index (χ1n) is 8.95. The highest BCUT2D eigenvalue weighted by molar-refractivity contribution is 7.15. The smallest absolute Gasteiger partial charge is 0.230 e. The van der Waals surface area contributed by atoms with Crippen molar-refractivity contribution in [2.24, 2.45) is 0 Å². The lowest BCUT2D eigenvalue weighted by molar-refractivity contribution is -0.115. The van der Waals surface area contributed by atoms with Crippen molar-refractivity contribution in [2.75, 3.05) is 18.5 Å². The number of carbonyl (C=O) groups excluding carboxylic acids is 1. The molecule has 132 valence electrons. The highest BCUT2D eigenvalue weighted by Gasteiger charge is 2.16. The average Bonchev–Trinajstić information content (AvgIpc) is 2.95. The molecule has 1 amide bonds. The molecular formula is C19H22N2O3S. The number of amides is 1. The van der Waals surface area contributed by atoms with E-state index in [1.807, 2.05) is 18.2 Å². The van der Waals surface area contributed by atoms with Gasteiger partial charge in [-0.2, -0.15) is 0 Å². The van der Waals surface area contributed by atoms with Crippen molar-refractivity contribution in [3.05, 3.63) is 34.3 Å². The van der Waals surface area contributed by atoms with Gasteiger partial charge in [-0.05, 0) is 43.4 Å². The summed E-state index contributed by atoms with van der Waals surface area (Å²) in [6.07, 6.45) is 7.42. The second kappa shape index (κ2) is 7.44. The van der Waals surface area contributed by atoms with Crippen LogP contribution in [0, 0.1) is 0 Å². The van der Waals surface area contributed by atoms with Crippen LogP contribution in [0.4, 0.5) is 5.13 Å². The van der Waals surface area contributed by atoms with E-state index >= 15 is 0 Å². The van der Waals surface area contributed by atoms with Crippen molar-refractivity contribution in [1.82, 2.24) is 4.98 Å². The van der Waals surface area contributed by atoms with E-state index in [-0.39, 0.29) is 5.91 Å². The number of thiazole rings is 1. The molecule has 4 rings (SSSR count). The molecule has 0 radical (unpaired) electrons. The van der Waals surface area contributed by atoms with Crippen LogP contribution in [0.3, 0.4) is 0 Å². The third kappa shape index (κ3) is 3.95. The van der Waals surface area contributed by atoms with Gasteiger partial charge < -0.3 is 14.8 Å². The zero-order chi connectivity index (χ0) is 17.1. The number of rotatable bonds is 3. The second-order valence-electron chi connectivity index (χ2n) is 6.51. The molecule has 1 aromatic carbocycles. The van der Waals surface area contributed by atoms with Gasteiger partial charge in [-0.25, -0.2) is 4.98 Å². The Labute approximate surface area is 151 Å². The SMILES string of the molecule is O=C(Cc1ccc2c(c1)OCCO2)Nc1nc2c(s1)CCCCCC2. The predicted octanol–water partition coefficient (Wildman–Crippen LogP) is 3.75. The lowest BCUT2D eigenvalue weighted by atomic mass is 10.0. The third-order valence-electron chi connectivity index (χ3n) is 4.56. The minimum atomic E-state index is -0.0431. The number of hydrogen-bond acceptors (Lipinski definition) is 5. The monoisotopic (exact) mass is 358 g/mol. The maximum Gasteiger partial charge on any atom is 0.230 e. The molecule has 2 heterocycles. The van der Waals surface area contributed by atoms with Crippen LogP contribution in [-0.2, 0) is 24.1 Å². The van der Waals surface area contributed by atoms with E-state index < -0.39 is 0 Å². The maximum atomic E-state index is 12.4. The fourth-order valence-electron chi connectivity index (χ4n) is 3.31. The van der Waals surface area contributed by atoms with Gasteiger partial charge >= 0.3 is 0 Å². The fourth-order valence-corrected chi connectivity index (χ4v) is 4.37. The number of aromatic nitrogens is 1. The fraction of sp³-hybridized carbons (Fsp3) is 0.474. The summed E-state index contributed by atoms with van der Waals surface area (Å²) in [5.74, 6) is 1.42. The molecule has 2 aliphatic rings. The summed E-state index contributed by atoms with van der Waals surface area (Å²) in [4.78, 5) is 18.4. The van der Waals surface area contributed by atoms with Crippen LogP contribution in [0.25, 0.3) is 0 Å². The standard InChI is InChI=1S/C19H22N2O3S/c22-18(12-13-7-8-15-16(11-13)24-10-9-23-15)21-19-20-14-5-3-1-2-4-6-17(14)25-19/h7-8,11H,1-6,9-10,12H2,(H,20,21,22). The predicted molar refractivity (Wildman–Crippen MR) is 97.8 cm³/mol. The summed E-state index contributed by atoms with van der Waals surface area (Å²) >= 11 is 1.63. The summed E-state index contributed by atoms with van der Waals surface area (Å²) in [5, 5.41) is 3.70. The van der Waals surface area contributed by atoms with E-state index in [9.17, 15) is 4.79 Å². The molecule has 0 saturated carbocycles. The number of ether oxygens (including phenoxy) is 2. The zero-order valence-corrected chi connectivity index (χ0v) is 15.0. The largest absolute Gasteiger partial charge is 0.486 e. The van der Waals surface area contributed by atoms with E-state index in [4.69, 9.17) is 9.47 Å². The highest BCUT2D eigenvalue weighted by atomic mass is 32.1. The summed E-state index contributed by atoms with van der Waals surface area (Å²) in [6.45, 7) is 1.12. The van der Waals surface area contributed by atoms with Gasteiger partial charge in [-0.1, -0.05) is 18.9 Å². The average molecular weight is 358 g/mol. The second-order valence-corrected chi connectivity index (χ2v) is 7.59. The van der Waals surface area contributed by atoms with E-state index in [1.54, 1.807) is 11.3 Å². The van der Waals surface area contributed by atoms with E-state index in [1.165, 1.54) is 36.3 Å². The number of carbonyl (C=O) groups is 1. The Kier molecular flexibility index (Phi) is 4.88. The first-order chi connectivity index (χ1) is 12.3. The molecular weight excluding hydrogens is 336 g/mol. The van der Waals surface area contributed by atoms with Crippen molar-refractivity contribution in [3.63, 3.8) is 0 Å². The minimum Gasteiger partial charge on any atom is -0.486 e. The first kappa shape index (κ1) is 16.4. The Morgan fingerprint density at radius 3 is 2.76 bits per heavy atom. The van der Waals surface area contributed by atoms with Crippen LogP contribution in [0.2, 0.25) is 0 Å². The summed E-state index contributed by atoms with van der Waals surface area (Å²) in [7, 11) is 0. The molecule has 0 saturated heterocycles. The Hall–Kier alpha value is -2.08. The molecule has 0 atom stereocenters. The van der Waals surface area contributed by atoms with Crippen molar-refractivity contribution in [2.45, 2.75) is 44.9 Å². The number of aryl methyl sites for hydroxylation is 2. The number of nitrogens with one attached hydrogen (secondary N) is 1. The van der Waals surface area contributed by atoms with Gasteiger partial charge in [-0.15, -0.1) is 11.3 Å². The molecule has 1 N–H and O–H groups in total. The van der Waals surface area contributed by atoms with E-state index in [2.05, 4.69) is 10.3 Å². The Morgan fingerprint density at radius 2 is 1.88 bits per heavy atom. The van der Waals surface area contributed by atoms with Crippen molar-refractivity contribution in [3.8, 4) is 11.5 Å². The van der Waals surface area contributed by atoms with Gasteiger partial charge in [0.1, 0.15) is 13.2 Å². The molecule has 1 aliphatic carbocycles. The number of nitrogens with zero attached hydrogens (tertiary/aromatic N) is 1. The van der Waals surface area contributed by atoms with Gasteiger partial charge in [0, 0.05) is 4.88 Å². The minimum absolute atomic E-state index is 0.0431. The Balaban J connectivity index is 1.41. The molecule has 2 aromatic rings. The Morgan fingerprint density at radius 1 is 1.08 bits per heavy atom. The van der Waals surface area contributed by atoms with Crippen molar-refractivity contribution < 1.29 is 14.3 Å². The first-order valence-corrected chi connectivity index (χ1v) is 9.76. The lowest BCUT2D eigenvalue weighted by Gasteiger charge is -2.18. The quantitative estimate of drug-likeness (QED) is 0.908. The number of benzene rings is 1. The summed E-state index contributed by atoms with van der Waals surface area (Å²) in [6, 6.07) is 5.66. The van der Waals surface area contributed by atoms with E-state index in [0.717, 1.165) is 29.3 Å². The van der Waals surface area contributed by atoms with Crippen LogP contribution in [0.5, 0.6) is 11.5 Å². The van der Waals surface area contributed by atoms with Gasteiger partial charge in [0.2, 0.25) is 5.91 Å². The molecule has 0 fully saturated rings.